The summed E-state index contributed by atoms with van der Waals surface area (Å²) in [6, 6.07) is 2.67. The van der Waals surface area contributed by atoms with Crippen LogP contribution in [0.5, 0.6) is 5.75 Å². The van der Waals surface area contributed by atoms with E-state index < -0.39 is 21.5 Å². The molecule has 21 heavy (non-hydrogen) atoms. The average Bonchev–Trinajstić information content (AvgIpc) is 2.86. The molecule has 1 fully saturated rings. The van der Waals surface area contributed by atoms with Gasteiger partial charge in [-0.2, -0.15) is 21.6 Å². The molecule has 1 aromatic carbocycles. The van der Waals surface area contributed by atoms with Gasteiger partial charge in [-0.15, -0.1) is 0 Å². The van der Waals surface area contributed by atoms with Crippen LogP contribution in [0.3, 0.4) is 0 Å². The van der Waals surface area contributed by atoms with Gasteiger partial charge in [0.15, 0.2) is 0 Å². The lowest BCUT2D eigenvalue weighted by Crippen LogP contribution is -2.28. The van der Waals surface area contributed by atoms with E-state index in [0.717, 1.165) is 5.56 Å². The van der Waals surface area contributed by atoms with Gasteiger partial charge >= 0.3 is 15.6 Å². The summed E-state index contributed by atoms with van der Waals surface area (Å²) in [5, 5.41) is 0. The Bertz CT molecular complexity index is 737. The zero-order chi connectivity index (χ0) is 15.6. The van der Waals surface area contributed by atoms with Crippen molar-refractivity contribution in [3.8, 4) is 5.75 Å². The van der Waals surface area contributed by atoms with Gasteiger partial charge in [0.1, 0.15) is 11.5 Å². The van der Waals surface area contributed by atoms with Gasteiger partial charge < -0.3 is 4.18 Å². The molecule has 0 N–H and O–H groups in total. The van der Waals surface area contributed by atoms with Gasteiger partial charge in [0.25, 0.3) is 0 Å². The predicted octanol–water partition coefficient (Wildman–Crippen LogP) is 2.77. The van der Waals surface area contributed by atoms with Crippen LogP contribution in [0.2, 0.25) is 0 Å². The second-order valence-electron chi connectivity index (χ2n) is 5.28. The van der Waals surface area contributed by atoms with Crippen molar-refractivity contribution in [1.82, 2.24) is 0 Å². The van der Waals surface area contributed by atoms with Gasteiger partial charge in [-0.1, -0.05) is 6.07 Å². The lowest BCUT2D eigenvalue weighted by atomic mass is 9.88. The van der Waals surface area contributed by atoms with Gasteiger partial charge in [-0.25, -0.2) is 0 Å². The SMILES string of the molecule is Cc1ccc(OS(=O)(=O)C(F)(F)F)c2c1C1CCC2C1=O. The lowest BCUT2D eigenvalue weighted by molar-refractivity contribution is -0.119. The van der Waals surface area contributed by atoms with Gasteiger partial charge in [0, 0.05) is 17.4 Å². The van der Waals surface area contributed by atoms with Crippen LogP contribution in [0.15, 0.2) is 12.1 Å². The Kier molecular flexibility index (Phi) is 2.89. The molecule has 0 saturated heterocycles. The molecule has 2 aliphatic carbocycles. The second-order valence-corrected chi connectivity index (χ2v) is 6.81. The zero-order valence-electron chi connectivity index (χ0n) is 10.9. The molecule has 4 nitrogen and oxygen atoms in total. The van der Waals surface area contributed by atoms with E-state index in [4.69, 9.17) is 0 Å². The number of ketones is 1. The zero-order valence-corrected chi connectivity index (χ0v) is 11.7. The van der Waals surface area contributed by atoms with E-state index in [0.29, 0.717) is 24.0 Å². The third-order valence-corrected chi connectivity index (χ3v) is 5.04. The van der Waals surface area contributed by atoms with Gasteiger partial charge in [-0.05, 0) is 37.0 Å². The maximum atomic E-state index is 12.4. The van der Waals surface area contributed by atoms with Crippen molar-refractivity contribution >= 4 is 15.9 Å². The summed E-state index contributed by atoms with van der Waals surface area (Å²) in [6.45, 7) is 1.74. The molecule has 1 aromatic rings. The fraction of sp³-hybridized carbons (Fsp3) is 0.462. The van der Waals surface area contributed by atoms with E-state index in [-0.39, 0.29) is 17.5 Å². The average molecular weight is 320 g/mol. The molecule has 0 aromatic heterocycles. The number of hydrogen-bond donors (Lipinski definition) is 0. The summed E-state index contributed by atoms with van der Waals surface area (Å²) in [5.41, 5.74) is -3.79. The summed E-state index contributed by atoms with van der Waals surface area (Å²) in [4.78, 5) is 12.1. The number of benzene rings is 1. The molecule has 2 atom stereocenters. The van der Waals surface area contributed by atoms with E-state index in [1.54, 1.807) is 6.92 Å². The Morgan fingerprint density at radius 1 is 1.14 bits per heavy atom. The van der Waals surface area contributed by atoms with Crippen LogP contribution in [0, 0.1) is 6.92 Å². The summed E-state index contributed by atoms with van der Waals surface area (Å²) in [5.74, 6) is -1.34. The molecule has 0 heterocycles. The van der Waals surface area contributed by atoms with E-state index in [1.165, 1.54) is 12.1 Å². The number of alkyl halides is 3. The number of rotatable bonds is 2. The first kappa shape index (κ1) is 14.4. The first-order valence-corrected chi connectivity index (χ1v) is 7.72. The highest BCUT2D eigenvalue weighted by Crippen LogP contribution is 2.54. The van der Waals surface area contributed by atoms with Crippen LogP contribution in [-0.2, 0) is 14.9 Å². The number of halogens is 3. The largest absolute Gasteiger partial charge is 0.534 e. The lowest BCUT2D eigenvalue weighted by Gasteiger charge is -2.20. The quantitative estimate of drug-likeness (QED) is 0.621. The van der Waals surface area contributed by atoms with Crippen molar-refractivity contribution in [2.45, 2.75) is 37.1 Å². The Labute approximate surface area is 119 Å². The monoisotopic (exact) mass is 320 g/mol. The van der Waals surface area contributed by atoms with E-state index >= 15 is 0 Å². The number of carbonyl (C=O) groups excluding carboxylic acids is 1. The standard InChI is InChI=1S/C13H11F3O4S/c1-6-2-5-9(20-21(18,19)13(14,15)16)11-8-4-3-7(10(6)11)12(8)17/h2,5,7-8H,3-4H2,1H3. The van der Waals surface area contributed by atoms with Crippen LogP contribution in [0.1, 0.15) is 41.4 Å². The van der Waals surface area contributed by atoms with Crippen molar-refractivity contribution in [3.63, 3.8) is 0 Å². The van der Waals surface area contributed by atoms with Crippen LogP contribution in [0.25, 0.3) is 0 Å². The maximum Gasteiger partial charge on any atom is 0.534 e. The normalized spacial score (nSPS) is 24.3. The molecule has 114 valence electrons. The highest BCUT2D eigenvalue weighted by molar-refractivity contribution is 7.88. The van der Waals surface area contributed by atoms with Crippen LogP contribution in [0.4, 0.5) is 13.2 Å². The number of fused-ring (bicyclic) bond motifs is 5. The Balaban J connectivity index is 2.11. The minimum Gasteiger partial charge on any atom is -0.376 e. The summed E-state index contributed by atoms with van der Waals surface area (Å²) in [6.07, 6.45) is 1.16. The first-order chi connectivity index (χ1) is 9.63. The molecule has 2 unspecified atom stereocenters. The van der Waals surface area contributed by atoms with E-state index in [2.05, 4.69) is 4.18 Å². The minimum atomic E-state index is -5.73. The first-order valence-electron chi connectivity index (χ1n) is 6.31. The number of hydrogen-bond acceptors (Lipinski definition) is 4. The van der Waals surface area contributed by atoms with Crippen molar-refractivity contribution in [2.24, 2.45) is 0 Å². The molecule has 0 aliphatic heterocycles. The third kappa shape index (κ3) is 1.96. The molecule has 0 radical (unpaired) electrons. The summed E-state index contributed by atoms with van der Waals surface area (Å²) < 4.78 is 63.9. The Morgan fingerprint density at radius 2 is 1.71 bits per heavy atom. The van der Waals surface area contributed by atoms with E-state index in [9.17, 15) is 26.4 Å². The molecule has 0 amide bonds. The molecular formula is C13H11F3O4S. The highest BCUT2D eigenvalue weighted by Gasteiger charge is 2.51. The van der Waals surface area contributed by atoms with Crippen molar-refractivity contribution < 1.29 is 30.6 Å². The minimum absolute atomic E-state index is 0.0615. The summed E-state index contributed by atoms with van der Waals surface area (Å²) >= 11 is 0. The molecule has 3 rings (SSSR count). The van der Waals surface area contributed by atoms with Crippen LogP contribution >= 0.6 is 0 Å². The smallest absolute Gasteiger partial charge is 0.376 e. The van der Waals surface area contributed by atoms with Gasteiger partial charge in [-0.3, -0.25) is 4.79 Å². The van der Waals surface area contributed by atoms with Crippen molar-refractivity contribution in [2.75, 3.05) is 0 Å². The molecular weight excluding hydrogens is 309 g/mol. The predicted molar refractivity (Wildman–Crippen MR) is 66.5 cm³/mol. The molecule has 8 heteroatoms. The topological polar surface area (TPSA) is 60.4 Å². The van der Waals surface area contributed by atoms with Gasteiger partial charge in [0.05, 0.1) is 0 Å². The second kappa shape index (κ2) is 4.22. The number of aryl methyl sites for hydroxylation is 1. The molecule has 1 saturated carbocycles. The third-order valence-electron chi connectivity index (χ3n) is 4.08. The molecule has 2 aliphatic rings. The van der Waals surface area contributed by atoms with Crippen molar-refractivity contribution in [1.29, 1.82) is 0 Å². The Hall–Kier alpha value is -1.57. The number of Topliss-reactive ketones (excluding diaryl/α,β-unsaturated/α-hetero) is 1. The molecule has 0 spiro atoms. The Morgan fingerprint density at radius 3 is 2.29 bits per heavy atom. The van der Waals surface area contributed by atoms with Crippen LogP contribution in [-0.4, -0.2) is 19.7 Å². The fourth-order valence-corrected chi connectivity index (χ4v) is 3.70. The van der Waals surface area contributed by atoms with Crippen LogP contribution < -0.4 is 4.18 Å². The fourth-order valence-electron chi connectivity index (χ4n) is 3.22. The summed E-state index contributed by atoms with van der Waals surface area (Å²) in [7, 11) is -5.73. The maximum absolute atomic E-state index is 12.4. The van der Waals surface area contributed by atoms with E-state index in [1.807, 2.05) is 0 Å². The van der Waals surface area contributed by atoms with Gasteiger partial charge in [0.2, 0.25) is 0 Å². The highest BCUT2D eigenvalue weighted by atomic mass is 32.2. The number of carbonyl (C=O) groups is 1. The van der Waals surface area contributed by atoms with Crippen molar-refractivity contribution in [3.05, 3.63) is 28.8 Å². The molecule has 2 bridgehead atoms.